The summed E-state index contributed by atoms with van der Waals surface area (Å²) in [6.07, 6.45) is 5.98. The zero-order chi connectivity index (χ0) is 19.7. The molecule has 1 aliphatic heterocycles. The van der Waals surface area contributed by atoms with Crippen LogP contribution >= 0.6 is 0 Å². The monoisotopic (exact) mass is 370 g/mol. The molecule has 1 aliphatic rings. The molecular formula is C24H22N2O2. The first kappa shape index (κ1) is 18.1. The number of rotatable bonds is 3. The Labute approximate surface area is 164 Å². The highest BCUT2D eigenvalue weighted by molar-refractivity contribution is 6.15. The summed E-state index contributed by atoms with van der Waals surface area (Å²) in [5.74, 6) is -0.361. The summed E-state index contributed by atoms with van der Waals surface area (Å²) in [5, 5.41) is 1.09. The van der Waals surface area contributed by atoms with E-state index < -0.39 is 0 Å². The van der Waals surface area contributed by atoms with Crippen LogP contribution in [0.15, 0.2) is 65.8 Å². The summed E-state index contributed by atoms with van der Waals surface area (Å²) in [5.41, 5.74) is 5.95. The number of benzene rings is 2. The van der Waals surface area contributed by atoms with Crippen molar-refractivity contribution in [3.05, 3.63) is 83.1 Å². The van der Waals surface area contributed by atoms with Crippen molar-refractivity contribution in [1.29, 1.82) is 0 Å². The molecule has 0 unspecified atom stereocenters. The van der Waals surface area contributed by atoms with E-state index in [1.165, 1.54) is 18.7 Å². The van der Waals surface area contributed by atoms with Gasteiger partial charge in [-0.15, -0.1) is 0 Å². The molecule has 0 bridgehead atoms. The number of methoxy groups -OCH3 is 1. The number of nitrogens with zero attached hydrogens (tertiary/aromatic N) is 2. The van der Waals surface area contributed by atoms with Crippen LogP contribution in [0.5, 0.6) is 0 Å². The summed E-state index contributed by atoms with van der Waals surface area (Å²) in [6.45, 7) is 4.26. The van der Waals surface area contributed by atoms with Gasteiger partial charge < -0.3 is 4.74 Å². The van der Waals surface area contributed by atoms with Gasteiger partial charge in [-0.2, -0.15) is 0 Å². The van der Waals surface area contributed by atoms with Crippen molar-refractivity contribution in [2.24, 2.45) is 4.99 Å². The van der Waals surface area contributed by atoms with Gasteiger partial charge in [-0.05, 0) is 49.6 Å². The van der Waals surface area contributed by atoms with E-state index in [0.29, 0.717) is 0 Å². The van der Waals surface area contributed by atoms with Gasteiger partial charge in [0.1, 0.15) is 0 Å². The predicted molar refractivity (Wildman–Crippen MR) is 113 cm³/mol. The summed E-state index contributed by atoms with van der Waals surface area (Å²) in [7, 11) is 1.38. The third kappa shape index (κ3) is 3.46. The van der Waals surface area contributed by atoms with E-state index in [1.54, 1.807) is 0 Å². The number of carbonyl (C=O) groups is 1. The number of carbonyl (C=O) groups excluding carboxylic acids is 1. The average molecular weight is 370 g/mol. The minimum absolute atomic E-state index is 0.247. The van der Waals surface area contributed by atoms with Gasteiger partial charge in [-0.3, -0.25) is 9.98 Å². The topological polar surface area (TPSA) is 51.5 Å². The number of hydrogen-bond acceptors (Lipinski definition) is 4. The van der Waals surface area contributed by atoms with E-state index in [1.807, 2.05) is 42.6 Å². The Kier molecular flexibility index (Phi) is 4.55. The molecule has 0 N–H and O–H groups in total. The van der Waals surface area contributed by atoms with Crippen LogP contribution in [0.25, 0.3) is 17.0 Å². The fourth-order valence-electron chi connectivity index (χ4n) is 3.66. The predicted octanol–water partition coefficient (Wildman–Crippen LogP) is 4.59. The van der Waals surface area contributed by atoms with Gasteiger partial charge in [0.05, 0.1) is 23.9 Å². The van der Waals surface area contributed by atoms with E-state index >= 15 is 0 Å². The second kappa shape index (κ2) is 7.04. The molecule has 4 rings (SSSR count). The van der Waals surface area contributed by atoms with Gasteiger partial charge in [0, 0.05) is 28.8 Å². The molecule has 0 fully saturated rings. The summed E-state index contributed by atoms with van der Waals surface area (Å²) < 4.78 is 4.73. The van der Waals surface area contributed by atoms with Crippen LogP contribution < -0.4 is 0 Å². The number of para-hydroxylation sites is 1. The molecule has 140 valence electrons. The minimum Gasteiger partial charge on any atom is -0.466 e. The number of aromatic nitrogens is 1. The lowest BCUT2D eigenvalue weighted by Crippen LogP contribution is -2.30. The van der Waals surface area contributed by atoms with Crippen LogP contribution in [0.4, 0.5) is 0 Å². The maximum Gasteiger partial charge on any atom is 0.330 e. The Morgan fingerprint density at radius 3 is 2.79 bits per heavy atom. The SMILES string of the molecule is COC(=O)C=Cc1cccc2c1CC(C)(C)N=C2c1cnc2ccccc2c1. The first-order valence-electron chi connectivity index (χ1n) is 9.30. The maximum absolute atomic E-state index is 11.5. The highest BCUT2D eigenvalue weighted by atomic mass is 16.5. The van der Waals surface area contributed by atoms with Crippen LogP contribution in [-0.4, -0.2) is 29.3 Å². The van der Waals surface area contributed by atoms with Crippen LogP contribution in [0, 0.1) is 0 Å². The normalized spacial score (nSPS) is 15.3. The Morgan fingerprint density at radius 2 is 1.96 bits per heavy atom. The number of aliphatic imine (C=N–C) groups is 1. The van der Waals surface area contributed by atoms with Crippen molar-refractivity contribution in [2.75, 3.05) is 7.11 Å². The first-order chi connectivity index (χ1) is 13.5. The molecule has 4 heteroatoms. The van der Waals surface area contributed by atoms with Gasteiger partial charge in [-0.1, -0.05) is 36.4 Å². The molecule has 0 atom stereocenters. The van der Waals surface area contributed by atoms with Crippen LogP contribution in [-0.2, 0) is 16.0 Å². The van der Waals surface area contributed by atoms with Gasteiger partial charge in [0.15, 0.2) is 0 Å². The Bertz CT molecular complexity index is 1130. The molecule has 0 saturated carbocycles. The zero-order valence-corrected chi connectivity index (χ0v) is 16.3. The third-order valence-corrected chi connectivity index (χ3v) is 4.96. The second-order valence-corrected chi connectivity index (χ2v) is 7.60. The third-order valence-electron chi connectivity index (χ3n) is 4.96. The number of pyridine rings is 1. The van der Waals surface area contributed by atoms with Gasteiger partial charge in [0.2, 0.25) is 0 Å². The summed E-state index contributed by atoms with van der Waals surface area (Å²) >= 11 is 0. The van der Waals surface area contributed by atoms with Gasteiger partial charge >= 0.3 is 5.97 Å². The van der Waals surface area contributed by atoms with E-state index in [9.17, 15) is 4.79 Å². The Hall–Kier alpha value is -3.27. The van der Waals surface area contributed by atoms with E-state index in [4.69, 9.17) is 9.73 Å². The Morgan fingerprint density at radius 1 is 1.14 bits per heavy atom. The maximum atomic E-state index is 11.5. The smallest absolute Gasteiger partial charge is 0.330 e. The van der Waals surface area contributed by atoms with Crippen LogP contribution in [0.3, 0.4) is 0 Å². The lowest BCUT2D eigenvalue weighted by Gasteiger charge is -2.30. The fraction of sp³-hybridized carbons (Fsp3) is 0.208. The molecule has 4 nitrogen and oxygen atoms in total. The molecule has 0 saturated heterocycles. The molecular weight excluding hydrogens is 348 g/mol. The largest absolute Gasteiger partial charge is 0.466 e. The van der Waals surface area contributed by atoms with Crippen molar-refractivity contribution in [1.82, 2.24) is 4.98 Å². The molecule has 0 aliphatic carbocycles. The molecule has 0 radical (unpaired) electrons. The van der Waals surface area contributed by atoms with Crippen molar-refractivity contribution in [3.8, 4) is 0 Å². The lowest BCUT2D eigenvalue weighted by molar-refractivity contribution is -0.134. The molecule has 3 aromatic rings. The minimum atomic E-state index is -0.361. The second-order valence-electron chi connectivity index (χ2n) is 7.60. The molecule has 0 amide bonds. The number of esters is 1. The summed E-state index contributed by atoms with van der Waals surface area (Å²) in [4.78, 5) is 21.2. The quantitative estimate of drug-likeness (QED) is 0.500. The molecule has 2 aromatic carbocycles. The average Bonchev–Trinajstić information content (AvgIpc) is 2.70. The fourth-order valence-corrected chi connectivity index (χ4v) is 3.66. The van der Waals surface area contributed by atoms with E-state index in [-0.39, 0.29) is 11.5 Å². The summed E-state index contributed by atoms with van der Waals surface area (Å²) in [6, 6.07) is 16.3. The van der Waals surface area contributed by atoms with Crippen molar-refractivity contribution in [2.45, 2.75) is 25.8 Å². The van der Waals surface area contributed by atoms with Gasteiger partial charge in [-0.25, -0.2) is 4.79 Å². The standard InChI is InChI=1S/C24H22N2O2/c1-24(2)14-20-16(11-12-22(27)28-3)8-6-9-19(20)23(26-24)18-13-17-7-4-5-10-21(17)25-15-18/h4-13,15H,14H2,1-3H3. The molecule has 1 aromatic heterocycles. The van der Waals surface area contributed by atoms with Crippen molar-refractivity contribution in [3.63, 3.8) is 0 Å². The molecule has 2 heterocycles. The molecule has 0 spiro atoms. The first-order valence-corrected chi connectivity index (χ1v) is 9.30. The zero-order valence-electron chi connectivity index (χ0n) is 16.3. The number of hydrogen-bond donors (Lipinski definition) is 0. The number of ether oxygens (including phenoxy) is 1. The van der Waals surface area contributed by atoms with E-state index in [0.717, 1.165) is 39.7 Å². The lowest BCUT2D eigenvalue weighted by atomic mass is 9.82. The Balaban J connectivity index is 1.86. The highest BCUT2D eigenvalue weighted by Gasteiger charge is 2.29. The van der Waals surface area contributed by atoms with Crippen molar-refractivity contribution >= 4 is 28.7 Å². The van der Waals surface area contributed by atoms with Crippen LogP contribution in [0.1, 0.15) is 36.1 Å². The van der Waals surface area contributed by atoms with Gasteiger partial charge in [0.25, 0.3) is 0 Å². The van der Waals surface area contributed by atoms with Crippen molar-refractivity contribution < 1.29 is 9.53 Å². The van der Waals surface area contributed by atoms with E-state index in [2.05, 4.69) is 37.0 Å². The molecule has 28 heavy (non-hydrogen) atoms. The number of fused-ring (bicyclic) bond motifs is 2. The highest BCUT2D eigenvalue weighted by Crippen LogP contribution is 2.32. The van der Waals surface area contributed by atoms with Crippen LogP contribution in [0.2, 0.25) is 0 Å².